The van der Waals surface area contributed by atoms with Gasteiger partial charge in [0, 0.05) is 24.8 Å². The summed E-state index contributed by atoms with van der Waals surface area (Å²) in [5.74, 6) is 1.72. The number of nitriles is 1. The van der Waals surface area contributed by atoms with Gasteiger partial charge in [0.2, 0.25) is 0 Å². The Morgan fingerprint density at radius 2 is 1.83 bits per heavy atom. The molecule has 0 amide bonds. The minimum atomic E-state index is -0.189. The van der Waals surface area contributed by atoms with Crippen molar-refractivity contribution in [2.45, 2.75) is 31.4 Å². The highest BCUT2D eigenvalue weighted by Gasteiger charge is 2.18. The lowest BCUT2D eigenvalue weighted by atomic mass is 10.1. The lowest BCUT2D eigenvalue weighted by Crippen LogP contribution is -2.30. The maximum Gasteiger partial charge on any atom is 0.148 e. The van der Waals surface area contributed by atoms with Gasteiger partial charge in [0.1, 0.15) is 11.6 Å². The van der Waals surface area contributed by atoms with Gasteiger partial charge in [-0.1, -0.05) is 12.1 Å². The summed E-state index contributed by atoms with van der Waals surface area (Å²) in [6.07, 6.45) is 3.74. The highest BCUT2D eigenvalue weighted by Crippen LogP contribution is 2.28. The fourth-order valence-corrected chi connectivity index (χ4v) is 3.16. The molecular weight excluding hydrogens is 304 g/mol. The van der Waals surface area contributed by atoms with E-state index in [1.54, 1.807) is 12.1 Å². The van der Waals surface area contributed by atoms with Crippen molar-refractivity contribution in [3.8, 4) is 6.07 Å². The predicted octanol–water partition coefficient (Wildman–Crippen LogP) is 3.67. The standard InChI is InChI=1S/C18H20N4S/c1-13-11-16(22-9-3-2-4-10-22)21-18(20-13)17(23)15-7-5-14(12-19)6-8-15/h5-8,11,17,23H,2-4,9-10H2,1H3. The van der Waals surface area contributed by atoms with Crippen molar-refractivity contribution in [2.24, 2.45) is 0 Å². The second-order valence-corrected chi connectivity index (χ2v) is 6.43. The predicted molar refractivity (Wildman–Crippen MR) is 94.8 cm³/mol. The Morgan fingerprint density at radius 1 is 1.13 bits per heavy atom. The average molecular weight is 324 g/mol. The van der Waals surface area contributed by atoms with Crippen molar-refractivity contribution in [2.75, 3.05) is 18.0 Å². The first-order valence-corrected chi connectivity index (χ1v) is 8.47. The number of hydrogen-bond donors (Lipinski definition) is 1. The summed E-state index contributed by atoms with van der Waals surface area (Å²) in [4.78, 5) is 11.7. The lowest BCUT2D eigenvalue weighted by molar-refractivity contribution is 0.572. The Hall–Kier alpha value is -2.06. The molecule has 1 aromatic carbocycles. The molecule has 1 unspecified atom stereocenters. The molecule has 0 bridgehead atoms. The third-order valence-electron chi connectivity index (χ3n) is 4.14. The van der Waals surface area contributed by atoms with Gasteiger partial charge in [-0.15, -0.1) is 0 Å². The van der Waals surface area contributed by atoms with Crippen LogP contribution in [0.1, 0.15) is 47.2 Å². The fourth-order valence-electron chi connectivity index (χ4n) is 2.87. The molecule has 1 aliphatic rings. The molecule has 5 heteroatoms. The third kappa shape index (κ3) is 3.65. The van der Waals surface area contributed by atoms with Gasteiger partial charge in [0.25, 0.3) is 0 Å². The zero-order valence-corrected chi connectivity index (χ0v) is 14.1. The van der Waals surface area contributed by atoms with Gasteiger partial charge in [-0.05, 0) is 43.9 Å². The van der Waals surface area contributed by atoms with E-state index in [0.717, 1.165) is 36.0 Å². The Balaban J connectivity index is 1.88. The molecule has 0 aliphatic carbocycles. The van der Waals surface area contributed by atoms with E-state index in [9.17, 15) is 0 Å². The van der Waals surface area contributed by atoms with E-state index in [0.29, 0.717) is 5.56 Å². The third-order valence-corrected chi connectivity index (χ3v) is 4.67. The van der Waals surface area contributed by atoms with Gasteiger partial charge in [0.15, 0.2) is 0 Å². The van der Waals surface area contributed by atoms with E-state index in [4.69, 9.17) is 22.9 Å². The van der Waals surface area contributed by atoms with Gasteiger partial charge in [0.05, 0.1) is 16.9 Å². The van der Waals surface area contributed by atoms with Crippen molar-refractivity contribution in [1.29, 1.82) is 5.26 Å². The van der Waals surface area contributed by atoms with Crippen molar-refractivity contribution in [3.63, 3.8) is 0 Å². The van der Waals surface area contributed by atoms with Crippen LogP contribution in [0.5, 0.6) is 0 Å². The molecule has 2 heterocycles. The van der Waals surface area contributed by atoms with E-state index < -0.39 is 0 Å². The number of aryl methyl sites for hydroxylation is 1. The van der Waals surface area contributed by atoms with Crippen molar-refractivity contribution >= 4 is 18.4 Å². The summed E-state index contributed by atoms with van der Waals surface area (Å²) in [5.41, 5.74) is 2.61. The molecule has 1 saturated heterocycles. The molecule has 3 rings (SSSR count). The van der Waals surface area contributed by atoms with E-state index in [1.807, 2.05) is 25.1 Å². The zero-order valence-electron chi connectivity index (χ0n) is 13.2. The smallest absolute Gasteiger partial charge is 0.148 e. The molecule has 1 aliphatic heterocycles. The Labute approximate surface area is 142 Å². The summed E-state index contributed by atoms with van der Waals surface area (Å²) in [5, 5.41) is 8.71. The van der Waals surface area contributed by atoms with Crippen LogP contribution in [0, 0.1) is 18.3 Å². The van der Waals surface area contributed by atoms with Crippen LogP contribution >= 0.6 is 12.6 Å². The number of aromatic nitrogens is 2. The van der Waals surface area contributed by atoms with E-state index in [1.165, 1.54) is 19.3 Å². The van der Waals surface area contributed by atoms with E-state index >= 15 is 0 Å². The number of hydrogen-bond acceptors (Lipinski definition) is 5. The molecule has 0 radical (unpaired) electrons. The largest absolute Gasteiger partial charge is 0.357 e. The number of nitrogens with zero attached hydrogens (tertiary/aromatic N) is 4. The maximum absolute atomic E-state index is 8.90. The number of piperidine rings is 1. The van der Waals surface area contributed by atoms with Crippen molar-refractivity contribution in [3.05, 3.63) is 53.0 Å². The summed E-state index contributed by atoms with van der Waals surface area (Å²) >= 11 is 4.70. The molecule has 118 valence electrons. The summed E-state index contributed by atoms with van der Waals surface area (Å²) in [6, 6.07) is 11.6. The zero-order chi connectivity index (χ0) is 16.2. The molecule has 23 heavy (non-hydrogen) atoms. The Morgan fingerprint density at radius 3 is 2.48 bits per heavy atom. The molecule has 2 aromatic rings. The minimum absolute atomic E-state index is 0.189. The van der Waals surface area contributed by atoms with Crippen molar-refractivity contribution in [1.82, 2.24) is 9.97 Å². The van der Waals surface area contributed by atoms with Gasteiger partial charge >= 0.3 is 0 Å². The van der Waals surface area contributed by atoms with Crippen LogP contribution in [0.25, 0.3) is 0 Å². The monoisotopic (exact) mass is 324 g/mol. The van der Waals surface area contributed by atoms with Crippen molar-refractivity contribution < 1.29 is 0 Å². The second-order valence-electron chi connectivity index (χ2n) is 5.91. The first kappa shape index (κ1) is 15.8. The van der Waals surface area contributed by atoms with Crippen LogP contribution < -0.4 is 4.90 Å². The maximum atomic E-state index is 8.90. The normalized spacial score (nSPS) is 16.0. The first-order valence-electron chi connectivity index (χ1n) is 7.96. The highest BCUT2D eigenvalue weighted by atomic mass is 32.1. The molecule has 0 spiro atoms. The first-order chi connectivity index (χ1) is 11.2. The van der Waals surface area contributed by atoms with E-state index in [-0.39, 0.29) is 5.25 Å². The van der Waals surface area contributed by atoms with Crippen LogP contribution in [-0.4, -0.2) is 23.1 Å². The molecule has 0 saturated carbocycles. The SMILES string of the molecule is Cc1cc(N2CCCCC2)nc(C(S)c2ccc(C#N)cc2)n1. The Bertz CT molecular complexity index is 715. The number of anilines is 1. The van der Waals surface area contributed by atoms with Crippen LogP contribution in [0.2, 0.25) is 0 Å². The average Bonchev–Trinajstić information content (AvgIpc) is 2.61. The molecule has 1 atom stereocenters. The van der Waals surface area contributed by atoms with Crippen LogP contribution in [0.15, 0.2) is 30.3 Å². The number of benzene rings is 1. The van der Waals surface area contributed by atoms with Gasteiger partial charge in [-0.3, -0.25) is 0 Å². The number of rotatable bonds is 3. The van der Waals surface area contributed by atoms with Gasteiger partial charge in [-0.25, -0.2) is 9.97 Å². The molecular formula is C18H20N4S. The molecule has 4 nitrogen and oxygen atoms in total. The summed E-state index contributed by atoms with van der Waals surface area (Å²) < 4.78 is 0. The minimum Gasteiger partial charge on any atom is -0.357 e. The van der Waals surface area contributed by atoms with Crippen LogP contribution in [0.3, 0.4) is 0 Å². The fraction of sp³-hybridized carbons (Fsp3) is 0.389. The molecule has 1 fully saturated rings. The quantitative estimate of drug-likeness (QED) is 0.875. The molecule has 1 aromatic heterocycles. The summed E-state index contributed by atoms with van der Waals surface area (Å²) in [6.45, 7) is 4.12. The van der Waals surface area contributed by atoms with Crippen LogP contribution in [0.4, 0.5) is 5.82 Å². The lowest BCUT2D eigenvalue weighted by Gasteiger charge is -2.28. The van der Waals surface area contributed by atoms with Gasteiger partial charge < -0.3 is 4.90 Å². The number of thiol groups is 1. The van der Waals surface area contributed by atoms with E-state index in [2.05, 4.69) is 16.0 Å². The topological polar surface area (TPSA) is 52.8 Å². The summed E-state index contributed by atoms with van der Waals surface area (Å²) in [7, 11) is 0. The van der Waals surface area contributed by atoms with Gasteiger partial charge in [-0.2, -0.15) is 17.9 Å². The Kier molecular flexibility index (Phi) is 4.82. The second kappa shape index (κ2) is 7.01. The highest BCUT2D eigenvalue weighted by molar-refractivity contribution is 7.80. The van der Waals surface area contributed by atoms with Crippen LogP contribution in [-0.2, 0) is 0 Å². The molecule has 0 N–H and O–H groups in total.